The lowest BCUT2D eigenvalue weighted by Gasteiger charge is -2.12. The molecule has 1 aromatic carbocycles. The summed E-state index contributed by atoms with van der Waals surface area (Å²) in [5, 5.41) is 2.97. The second-order valence-corrected chi connectivity index (χ2v) is 6.35. The number of hydrogen-bond acceptors (Lipinski definition) is 3. The molecule has 2 heterocycles. The maximum Gasteiger partial charge on any atom is 0.257 e. The van der Waals surface area contributed by atoms with Gasteiger partial charge in [0.15, 0.2) is 0 Å². The monoisotopic (exact) mass is 349 g/mol. The third kappa shape index (κ3) is 3.61. The van der Waals surface area contributed by atoms with Crippen LogP contribution in [0.1, 0.15) is 33.0 Å². The zero-order chi connectivity index (χ0) is 18.7. The minimum atomic E-state index is -0.144. The summed E-state index contributed by atoms with van der Waals surface area (Å²) >= 11 is 0. The molecule has 2 aromatic heterocycles. The molecule has 5 heteroatoms. The predicted octanol–water partition coefficient (Wildman–Crippen LogP) is 4.12. The van der Waals surface area contributed by atoms with Crippen LogP contribution in [0.15, 0.2) is 48.7 Å². The smallest absolute Gasteiger partial charge is 0.257 e. The highest BCUT2D eigenvalue weighted by Gasteiger charge is 2.17. The molecule has 3 aromatic rings. The zero-order valence-corrected chi connectivity index (χ0v) is 15.5. The van der Waals surface area contributed by atoms with E-state index >= 15 is 0 Å². The number of methoxy groups -OCH3 is 1. The number of carbonyl (C=O) groups excluding carboxylic acids is 1. The van der Waals surface area contributed by atoms with Crippen LogP contribution in [0.3, 0.4) is 0 Å². The predicted molar refractivity (Wildman–Crippen MR) is 103 cm³/mol. The molecule has 1 N–H and O–H groups in total. The van der Waals surface area contributed by atoms with Gasteiger partial charge in [0.05, 0.1) is 30.6 Å². The van der Waals surface area contributed by atoms with Crippen molar-refractivity contribution in [2.45, 2.75) is 27.3 Å². The number of rotatable bonds is 5. The molecule has 0 atom stereocenters. The normalized spacial score (nSPS) is 10.6. The van der Waals surface area contributed by atoms with Crippen LogP contribution >= 0.6 is 0 Å². The Hall–Kier alpha value is -3.08. The Morgan fingerprint density at radius 2 is 1.96 bits per heavy atom. The van der Waals surface area contributed by atoms with Crippen LogP contribution < -0.4 is 10.1 Å². The van der Waals surface area contributed by atoms with E-state index in [1.54, 1.807) is 13.3 Å². The van der Waals surface area contributed by atoms with Crippen molar-refractivity contribution in [1.82, 2.24) is 9.55 Å². The number of nitrogens with one attached hydrogen (secondary N) is 1. The molecule has 134 valence electrons. The molecule has 0 unspecified atom stereocenters. The maximum atomic E-state index is 12.8. The standard InChI is InChI=1S/C21H23N3O2/c1-14-8-9-20(26-4)19(11-14)23-21(25)18-12-15(2)24(16(18)3)13-17-7-5-6-10-22-17/h5-12H,13H2,1-4H3,(H,23,25). The molecule has 26 heavy (non-hydrogen) atoms. The van der Waals surface area contributed by atoms with Gasteiger partial charge in [-0.25, -0.2) is 0 Å². The number of hydrogen-bond donors (Lipinski definition) is 1. The average molecular weight is 349 g/mol. The fourth-order valence-electron chi connectivity index (χ4n) is 3.04. The molecule has 0 aliphatic rings. The number of aromatic nitrogens is 2. The summed E-state index contributed by atoms with van der Waals surface area (Å²) in [6, 6.07) is 13.5. The van der Waals surface area contributed by atoms with E-state index in [9.17, 15) is 4.79 Å². The van der Waals surface area contributed by atoms with Crippen molar-refractivity contribution in [2.24, 2.45) is 0 Å². The first-order valence-corrected chi connectivity index (χ1v) is 8.52. The SMILES string of the molecule is COc1ccc(C)cc1NC(=O)c1cc(C)n(Cc2ccccn2)c1C. The van der Waals surface area contributed by atoms with Crippen LogP contribution in [0.25, 0.3) is 0 Å². The van der Waals surface area contributed by atoms with Gasteiger partial charge in [-0.05, 0) is 56.7 Å². The molecule has 0 fully saturated rings. The molecule has 0 saturated carbocycles. The summed E-state index contributed by atoms with van der Waals surface area (Å²) in [4.78, 5) is 17.2. The van der Waals surface area contributed by atoms with Crippen molar-refractivity contribution in [3.05, 3.63) is 76.9 Å². The van der Waals surface area contributed by atoms with E-state index in [0.717, 1.165) is 22.6 Å². The second kappa shape index (κ2) is 7.44. The molecule has 1 amide bonds. The number of amides is 1. The topological polar surface area (TPSA) is 56.1 Å². The molecule has 0 aliphatic carbocycles. The summed E-state index contributed by atoms with van der Waals surface area (Å²) < 4.78 is 7.45. The second-order valence-electron chi connectivity index (χ2n) is 6.35. The van der Waals surface area contributed by atoms with E-state index in [1.165, 1.54) is 0 Å². The zero-order valence-electron chi connectivity index (χ0n) is 15.5. The quantitative estimate of drug-likeness (QED) is 0.754. The number of carbonyl (C=O) groups is 1. The van der Waals surface area contributed by atoms with Gasteiger partial charge in [-0.3, -0.25) is 9.78 Å². The lowest BCUT2D eigenvalue weighted by atomic mass is 10.2. The van der Waals surface area contributed by atoms with Gasteiger partial charge in [0.1, 0.15) is 5.75 Å². The Morgan fingerprint density at radius 1 is 1.15 bits per heavy atom. The van der Waals surface area contributed by atoms with Crippen LogP contribution in [-0.2, 0) is 6.54 Å². The summed E-state index contributed by atoms with van der Waals surface area (Å²) in [6.45, 7) is 6.58. The van der Waals surface area contributed by atoms with E-state index in [2.05, 4.69) is 14.9 Å². The number of pyridine rings is 1. The Bertz CT molecular complexity index is 930. The van der Waals surface area contributed by atoms with Crippen LogP contribution in [-0.4, -0.2) is 22.6 Å². The van der Waals surface area contributed by atoms with Gasteiger partial charge in [-0.15, -0.1) is 0 Å². The van der Waals surface area contributed by atoms with Gasteiger partial charge in [0.2, 0.25) is 0 Å². The van der Waals surface area contributed by atoms with Crippen LogP contribution in [0.4, 0.5) is 5.69 Å². The molecule has 0 saturated heterocycles. The summed E-state index contributed by atoms with van der Waals surface area (Å²) in [5.41, 5.74) is 5.28. The molecule has 0 spiro atoms. The molecule has 5 nitrogen and oxygen atoms in total. The van der Waals surface area contributed by atoms with Crippen molar-refractivity contribution < 1.29 is 9.53 Å². The van der Waals surface area contributed by atoms with Gasteiger partial charge in [0.25, 0.3) is 5.91 Å². The first-order chi connectivity index (χ1) is 12.5. The number of ether oxygens (including phenoxy) is 1. The van der Waals surface area contributed by atoms with Crippen LogP contribution in [0.2, 0.25) is 0 Å². The largest absolute Gasteiger partial charge is 0.495 e. The molecular formula is C21H23N3O2. The highest BCUT2D eigenvalue weighted by atomic mass is 16.5. The van der Waals surface area contributed by atoms with E-state index in [1.807, 2.05) is 63.2 Å². The minimum Gasteiger partial charge on any atom is -0.495 e. The van der Waals surface area contributed by atoms with Gasteiger partial charge in [0, 0.05) is 17.6 Å². The minimum absolute atomic E-state index is 0.144. The Kier molecular flexibility index (Phi) is 5.07. The first-order valence-electron chi connectivity index (χ1n) is 8.52. The van der Waals surface area contributed by atoms with Crippen molar-refractivity contribution in [1.29, 1.82) is 0 Å². The lowest BCUT2D eigenvalue weighted by Crippen LogP contribution is -2.14. The fraction of sp³-hybridized carbons (Fsp3) is 0.238. The van der Waals surface area contributed by atoms with E-state index in [-0.39, 0.29) is 5.91 Å². The molecule has 0 aliphatic heterocycles. The number of nitrogens with zero attached hydrogens (tertiary/aromatic N) is 2. The fourth-order valence-corrected chi connectivity index (χ4v) is 3.04. The highest BCUT2D eigenvalue weighted by Crippen LogP contribution is 2.26. The number of anilines is 1. The van der Waals surface area contributed by atoms with Gasteiger partial charge in [-0.1, -0.05) is 12.1 Å². The van der Waals surface area contributed by atoms with Crippen molar-refractivity contribution >= 4 is 11.6 Å². The molecule has 3 rings (SSSR count). The number of benzene rings is 1. The highest BCUT2D eigenvalue weighted by molar-refractivity contribution is 6.06. The van der Waals surface area contributed by atoms with Gasteiger partial charge in [-0.2, -0.15) is 0 Å². The van der Waals surface area contributed by atoms with E-state index in [4.69, 9.17) is 4.74 Å². The van der Waals surface area contributed by atoms with Crippen LogP contribution in [0.5, 0.6) is 5.75 Å². The third-order valence-corrected chi connectivity index (χ3v) is 4.47. The average Bonchev–Trinajstić information content (AvgIpc) is 2.91. The Balaban J connectivity index is 1.87. The summed E-state index contributed by atoms with van der Waals surface area (Å²) in [5.74, 6) is 0.500. The van der Waals surface area contributed by atoms with Gasteiger partial charge >= 0.3 is 0 Å². The van der Waals surface area contributed by atoms with Crippen molar-refractivity contribution in [2.75, 3.05) is 12.4 Å². The third-order valence-electron chi connectivity index (χ3n) is 4.47. The van der Waals surface area contributed by atoms with Crippen LogP contribution in [0, 0.1) is 20.8 Å². The first kappa shape index (κ1) is 17.7. The summed E-state index contributed by atoms with van der Waals surface area (Å²) in [7, 11) is 1.60. The van der Waals surface area contributed by atoms with Gasteiger partial charge < -0.3 is 14.6 Å². The number of aryl methyl sites for hydroxylation is 2. The molecule has 0 bridgehead atoms. The molecule has 0 radical (unpaired) electrons. The Morgan fingerprint density at radius 3 is 2.65 bits per heavy atom. The van der Waals surface area contributed by atoms with Crippen molar-refractivity contribution in [3.63, 3.8) is 0 Å². The van der Waals surface area contributed by atoms with E-state index < -0.39 is 0 Å². The van der Waals surface area contributed by atoms with Crippen molar-refractivity contribution in [3.8, 4) is 5.75 Å². The van der Waals surface area contributed by atoms with E-state index in [0.29, 0.717) is 23.5 Å². The Labute approximate surface area is 153 Å². The lowest BCUT2D eigenvalue weighted by molar-refractivity contribution is 0.102. The maximum absolute atomic E-state index is 12.8. The summed E-state index contributed by atoms with van der Waals surface area (Å²) in [6.07, 6.45) is 1.78. The molecular weight excluding hydrogens is 326 g/mol.